The Hall–Kier alpha value is -1.16. The zero-order valence-electron chi connectivity index (χ0n) is 11.8. The van der Waals surface area contributed by atoms with E-state index < -0.39 is 0 Å². The molecule has 0 spiro atoms. The topological polar surface area (TPSA) is 20.7 Å². The zero-order valence-corrected chi connectivity index (χ0v) is 12.6. The number of hydrogen-bond donors (Lipinski definition) is 1. The second-order valence-electron chi connectivity index (χ2n) is 5.59. The fourth-order valence-electron chi connectivity index (χ4n) is 2.33. The lowest BCUT2D eigenvalue weighted by Crippen LogP contribution is -1.99. The van der Waals surface area contributed by atoms with Crippen LogP contribution in [0.4, 0.5) is 4.39 Å². The molecule has 0 aliphatic carbocycles. The molecule has 0 fully saturated rings. The molecule has 0 saturated carbocycles. The SMILES string of the molecule is Cc1cc2c(cc1F)[nH]c(=S)n2CCCCC(C)C. The first-order valence-corrected chi connectivity index (χ1v) is 7.28. The van der Waals surface area contributed by atoms with E-state index in [0.717, 1.165) is 29.9 Å². The lowest BCUT2D eigenvalue weighted by molar-refractivity contribution is 0.511. The Morgan fingerprint density at radius 2 is 2.05 bits per heavy atom. The van der Waals surface area contributed by atoms with Gasteiger partial charge in [0.05, 0.1) is 11.0 Å². The predicted molar refractivity (Wildman–Crippen MR) is 80.5 cm³/mol. The highest BCUT2D eigenvalue weighted by atomic mass is 32.1. The Balaban J connectivity index is 2.20. The molecule has 1 heterocycles. The van der Waals surface area contributed by atoms with Gasteiger partial charge in [0.15, 0.2) is 4.77 Å². The third-order valence-electron chi connectivity index (χ3n) is 3.47. The summed E-state index contributed by atoms with van der Waals surface area (Å²) < 4.78 is 16.3. The number of halogens is 1. The second kappa shape index (κ2) is 5.87. The summed E-state index contributed by atoms with van der Waals surface area (Å²) in [7, 11) is 0. The monoisotopic (exact) mass is 280 g/mol. The van der Waals surface area contributed by atoms with Gasteiger partial charge in [-0.25, -0.2) is 4.39 Å². The molecule has 0 atom stereocenters. The van der Waals surface area contributed by atoms with Crippen LogP contribution >= 0.6 is 12.2 Å². The third-order valence-corrected chi connectivity index (χ3v) is 3.79. The van der Waals surface area contributed by atoms with Gasteiger partial charge in [-0.3, -0.25) is 0 Å². The number of benzene rings is 1. The average Bonchev–Trinajstić information content (AvgIpc) is 2.61. The van der Waals surface area contributed by atoms with E-state index in [4.69, 9.17) is 12.2 Å². The van der Waals surface area contributed by atoms with Crippen molar-refractivity contribution in [3.05, 3.63) is 28.3 Å². The Bertz CT molecular complexity index is 625. The Morgan fingerprint density at radius 1 is 1.32 bits per heavy atom. The Labute approximate surface area is 118 Å². The van der Waals surface area contributed by atoms with E-state index in [1.165, 1.54) is 18.9 Å². The average molecular weight is 280 g/mol. The van der Waals surface area contributed by atoms with E-state index in [1.54, 1.807) is 6.92 Å². The van der Waals surface area contributed by atoms with Crippen LogP contribution in [0.15, 0.2) is 12.1 Å². The van der Waals surface area contributed by atoms with Crippen LogP contribution < -0.4 is 0 Å². The Morgan fingerprint density at radius 3 is 2.74 bits per heavy atom. The molecule has 2 nitrogen and oxygen atoms in total. The quantitative estimate of drug-likeness (QED) is 0.605. The standard InChI is InChI=1S/C15H21FN2S/c1-10(2)6-4-5-7-18-14-8-11(3)12(16)9-13(14)17-15(18)19/h8-10H,4-7H2,1-3H3,(H,17,19). The van der Waals surface area contributed by atoms with Gasteiger partial charge in [0.1, 0.15) is 5.82 Å². The number of nitrogens with zero attached hydrogens (tertiary/aromatic N) is 1. The van der Waals surface area contributed by atoms with E-state index in [9.17, 15) is 4.39 Å². The lowest BCUT2D eigenvalue weighted by atomic mass is 10.1. The molecule has 0 bridgehead atoms. The molecular weight excluding hydrogens is 259 g/mol. The maximum atomic E-state index is 13.5. The van der Waals surface area contributed by atoms with Crippen LogP contribution in [0.3, 0.4) is 0 Å². The van der Waals surface area contributed by atoms with Gasteiger partial charge in [-0.1, -0.05) is 26.7 Å². The molecule has 19 heavy (non-hydrogen) atoms. The maximum absolute atomic E-state index is 13.5. The molecule has 0 saturated heterocycles. The summed E-state index contributed by atoms with van der Waals surface area (Å²) in [6.45, 7) is 7.16. The first kappa shape index (κ1) is 14.3. The van der Waals surface area contributed by atoms with Gasteiger partial charge in [0.25, 0.3) is 0 Å². The highest BCUT2D eigenvalue weighted by Crippen LogP contribution is 2.20. The van der Waals surface area contributed by atoms with Gasteiger partial charge in [-0.2, -0.15) is 0 Å². The molecule has 2 aromatic rings. The number of aromatic amines is 1. The molecule has 1 aromatic heterocycles. The van der Waals surface area contributed by atoms with Crippen molar-refractivity contribution in [3.8, 4) is 0 Å². The molecule has 0 radical (unpaired) electrons. The first-order valence-electron chi connectivity index (χ1n) is 6.87. The summed E-state index contributed by atoms with van der Waals surface area (Å²) in [5, 5.41) is 0. The van der Waals surface area contributed by atoms with Crippen molar-refractivity contribution in [3.63, 3.8) is 0 Å². The highest BCUT2D eigenvalue weighted by molar-refractivity contribution is 7.71. The number of imidazole rings is 1. The lowest BCUT2D eigenvalue weighted by Gasteiger charge is -2.07. The number of aryl methyl sites for hydroxylation is 2. The van der Waals surface area contributed by atoms with E-state index in [1.807, 2.05) is 6.07 Å². The van der Waals surface area contributed by atoms with Crippen LogP contribution in [0, 0.1) is 23.4 Å². The second-order valence-corrected chi connectivity index (χ2v) is 5.98. The number of hydrogen-bond acceptors (Lipinski definition) is 1. The summed E-state index contributed by atoms with van der Waals surface area (Å²) in [6.07, 6.45) is 3.55. The predicted octanol–water partition coefficient (Wildman–Crippen LogP) is 4.97. The van der Waals surface area contributed by atoms with Crippen molar-refractivity contribution < 1.29 is 4.39 Å². The minimum atomic E-state index is -0.185. The molecule has 4 heteroatoms. The van der Waals surface area contributed by atoms with Crippen molar-refractivity contribution >= 4 is 23.3 Å². The molecule has 0 aliphatic heterocycles. The van der Waals surface area contributed by atoms with Crippen molar-refractivity contribution in [2.24, 2.45) is 5.92 Å². The van der Waals surface area contributed by atoms with Crippen LogP contribution in [-0.2, 0) is 6.54 Å². The number of nitrogens with one attached hydrogen (secondary N) is 1. The van der Waals surface area contributed by atoms with Crippen molar-refractivity contribution in [2.75, 3.05) is 0 Å². The molecule has 0 amide bonds. The van der Waals surface area contributed by atoms with Gasteiger partial charge in [-0.05, 0) is 49.2 Å². The fraction of sp³-hybridized carbons (Fsp3) is 0.533. The fourth-order valence-corrected chi connectivity index (χ4v) is 2.63. The smallest absolute Gasteiger partial charge is 0.178 e. The van der Waals surface area contributed by atoms with Gasteiger partial charge in [-0.15, -0.1) is 0 Å². The number of fused-ring (bicyclic) bond motifs is 1. The molecule has 1 N–H and O–H groups in total. The van der Waals surface area contributed by atoms with Crippen LogP contribution in [0.1, 0.15) is 38.7 Å². The summed E-state index contributed by atoms with van der Waals surface area (Å²) >= 11 is 5.33. The van der Waals surface area contributed by atoms with Gasteiger partial charge in [0.2, 0.25) is 0 Å². The number of aromatic nitrogens is 2. The van der Waals surface area contributed by atoms with Crippen molar-refractivity contribution in [1.29, 1.82) is 0 Å². The Kier molecular flexibility index (Phi) is 4.40. The van der Waals surface area contributed by atoms with E-state index >= 15 is 0 Å². The molecular formula is C15H21FN2S. The summed E-state index contributed by atoms with van der Waals surface area (Å²) in [5.74, 6) is 0.558. The van der Waals surface area contributed by atoms with Crippen LogP contribution in [0.5, 0.6) is 0 Å². The summed E-state index contributed by atoms with van der Waals surface area (Å²) in [5.41, 5.74) is 2.46. The zero-order chi connectivity index (χ0) is 14.0. The van der Waals surface area contributed by atoms with Crippen LogP contribution in [0.2, 0.25) is 0 Å². The normalized spacial score (nSPS) is 11.6. The molecule has 0 unspecified atom stereocenters. The van der Waals surface area contributed by atoms with Crippen molar-refractivity contribution in [2.45, 2.75) is 46.6 Å². The third kappa shape index (κ3) is 3.24. The van der Waals surface area contributed by atoms with E-state index in [-0.39, 0.29) is 5.82 Å². The van der Waals surface area contributed by atoms with Gasteiger partial charge >= 0.3 is 0 Å². The minimum absolute atomic E-state index is 0.185. The van der Waals surface area contributed by atoms with E-state index in [0.29, 0.717) is 10.3 Å². The van der Waals surface area contributed by atoms with E-state index in [2.05, 4.69) is 23.4 Å². The van der Waals surface area contributed by atoms with Gasteiger partial charge < -0.3 is 9.55 Å². The molecule has 0 aliphatic rings. The molecule has 2 rings (SSSR count). The summed E-state index contributed by atoms with van der Waals surface area (Å²) in [6, 6.07) is 3.41. The summed E-state index contributed by atoms with van der Waals surface area (Å²) in [4.78, 5) is 3.08. The van der Waals surface area contributed by atoms with Crippen LogP contribution in [-0.4, -0.2) is 9.55 Å². The molecule has 1 aromatic carbocycles. The largest absolute Gasteiger partial charge is 0.330 e. The minimum Gasteiger partial charge on any atom is -0.330 e. The maximum Gasteiger partial charge on any atom is 0.178 e. The van der Waals surface area contributed by atoms with Crippen LogP contribution in [0.25, 0.3) is 11.0 Å². The van der Waals surface area contributed by atoms with Crippen molar-refractivity contribution in [1.82, 2.24) is 9.55 Å². The van der Waals surface area contributed by atoms with Gasteiger partial charge in [0, 0.05) is 6.54 Å². The highest BCUT2D eigenvalue weighted by Gasteiger charge is 2.07. The number of rotatable bonds is 5. The number of H-pyrrole nitrogens is 1. The number of unbranched alkanes of at least 4 members (excludes halogenated alkanes) is 1. The first-order chi connectivity index (χ1) is 8.99. The molecule has 104 valence electrons.